The summed E-state index contributed by atoms with van der Waals surface area (Å²) >= 11 is 5.83. The molecule has 86 valence electrons. The van der Waals surface area contributed by atoms with E-state index < -0.39 is 0 Å². The van der Waals surface area contributed by atoms with E-state index in [1.165, 1.54) is 0 Å². The van der Waals surface area contributed by atoms with Gasteiger partial charge >= 0.3 is 0 Å². The Kier molecular flexibility index (Phi) is 3.67. The van der Waals surface area contributed by atoms with Gasteiger partial charge in [0.15, 0.2) is 5.15 Å². The zero-order chi connectivity index (χ0) is 12.1. The Morgan fingerprint density at radius 3 is 2.71 bits per heavy atom. The lowest BCUT2D eigenvalue weighted by atomic mass is 10.2. The Hall–Kier alpha value is -1.94. The molecule has 0 aromatic carbocycles. The molecule has 0 unspecified atom stereocenters. The molecule has 2 rings (SSSR count). The summed E-state index contributed by atoms with van der Waals surface area (Å²) in [6.45, 7) is 0. The molecule has 0 aliphatic rings. The molecule has 0 bridgehead atoms. The van der Waals surface area contributed by atoms with Gasteiger partial charge in [0.25, 0.3) is 0 Å². The summed E-state index contributed by atoms with van der Waals surface area (Å²) < 4.78 is 0. The first-order chi connectivity index (χ1) is 8.25. The third kappa shape index (κ3) is 3.26. The van der Waals surface area contributed by atoms with Gasteiger partial charge in [-0.3, -0.25) is 9.78 Å². The lowest BCUT2D eigenvalue weighted by Crippen LogP contribution is -2.15. The fraction of sp³-hybridized carbons (Fsp3) is 0.0833. The van der Waals surface area contributed by atoms with Crippen LogP contribution in [0.1, 0.15) is 5.69 Å². The molecular weight excluding hydrogens is 238 g/mol. The first-order valence-electron chi connectivity index (χ1n) is 5.06. The second-order valence-electron chi connectivity index (χ2n) is 3.39. The van der Waals surface area contributed by atoms with E-state index in [1.54, 1.807) is 36.7 Å². The molecule has 1 amide bonds. The number of nitrogens with one attached hydrogen (secondary N) is 1. The number of hydrogen-bond donors (Lipinski definition) is 1. The number of nitrogens with zero attached hydrogens (tertiary/aromatic N) is 2. The Bertz CT molecular complexity index is 516. The standard InChI is InChI=1S/C12H10ClN3O/c13-12-10(5-3-7-15-12)16-11(17)8-9-4-1-2-6-14-9/h1-7H,8H2,(H,16,17). The Morgan fingerprint density at radius 1 is 1.18 bits per heavy atom. The molecule has 5 heteroatoms. The number of carbonyl (C=O) groups is 1. The topological polar surface area (TPSA) is 54.9 Å². The Morgan fingerprint density at radius 2 is 2.00 bits per heavy atom. The van der Waals surface area contributed by atoms with Crippen molar-refractivity contribution in [3.05, 3.63) is 53.6 Å². The van der Waals surface area contributed by atoms with Gasteiger partial charge in [-0.05, 0) is 24.3 Å². The molecule has 0 spiro atoms. The minimum atomic E-state index is -0.168. The van der Waals surface area contributed by atoms with Crippen molar-refractivity contribution in [2.24, 2.45) is 0 Å². The molecule has 2 aromatic rings. The van der Waals surface area contributed by atoms with Gasteiger partial charge in [-0.25, -0.2) is 4.98 Å². The monoisotopic (exact) mass is 247 g/mol. The van der Waals surface area contributed by atoms with Gasteiger partial charge in [0, 0.05) is 18.1 Å². The van der Waals surface area contributed by atoms with Crippen molar-refractivity contribution in [2.45, 2.75) is 6.42 Å². The van der Waals surface area contributed by atoms with Crippen LogP contribution in [0.25, 0.3) is 0 Å². The second kappa shape index (κ2) is 5.41. The van der Waals surface area contributed by atoms with Gasteiger partial charge in [-0.15, -0.1) is 0 Å². The van der Waals surface area contributed by atoms with Crippen LogP contribution < -0.4 is 5.32 Å². The van der Waals surface area contributed by atoms with Crippen molar-refractivity contribution in [3.63, 3.8) is 0 Å². The molecule has 4 nitrogen and oxygen atoms in total. The zero-order valence-corrected chi connectivity index (χ0v) is 9.69. The largest absolute Gasteiger partial charge is 0.323 e. The van der Waals surface area contributed by atoms with Gasteiger partial charge in [-0.1, -0.05) is 17.7 Å². The first kappa shape index (κ1) is 11.5. The maximum atomic E-state index is 11.7. The minimum absolute atomic E-state index is 0.168. The molecule has 0 aliphatic carbocycles. The lowest BCUT2D eigenvalue weighted by Gasteiger charge is -2.05. The van der Waals surface area contributed by atoms with Crippen LogP contribution in [0.4, 0.5) is 5.69 Å². The zero-order valence-electron chi connectivity index (χ0n) is 8.93. The molecule has 0 saturated carbocycles. The summed E-state index contributed by atoms with van der Waals surface area (Å²) in [6.07, 6.45) is 3.43. The average molecular weight is 248 g/mol. The maximum absolute atomic E-state index is 11.7. The number of pyridine rings is 2. The van der Waals surface area contributed by atoms with E-state index in [2.05, 4.69) is 15.3 Å². The van der Waals surface area contributed by atoms with Crippen LogP contribution in [-0.2, 0) is 11.2 Å². The number of aromatic nitrogens is 2. The van der Waals surface area contributed by atoms with Crippen molar-refractivity contribution in [1.29, 1.82) is 0 Å². The predicted molar refractivity (Wildman–Crippen MR) is 65.8 cm³/mol. The summed E-state index contributed by atoms with van der Waals surface area (Å²) in [4.78, 5) is 19.6. The van der Waals surface area contributed by atoms with Crippen LogP contribution in [-0.4, -0.2) is 15.9 Å². The van der Waals surface area contributed by atoms with Gasteiger partial charge in [0.1, 0.15) is 0 Å². The van der Waals surface area contributed by atoms with E-state index in [-0.39, 0.29) is 17.5 Å². The number of hydrogen-bond acceptors (Lipinski definition) is 3. The van der Waals surface area contributed by atoms with E-state index in [4.69, 9.17) is 11.6 Å². The maximum Gasteiger partial charge on any atom is 0.230 e. The normalized spacial score (nSPS) is 9.94. The average Bonchev–Trinajstić information content (AvgIpc) is 2.33. The van der Waals surface area contributed by atoms with Crippen LogP contribution in [0.2, 0.25) is 5.15 Å². The highest BCUT2D eigenvalue weighted by atomic mass is 35.5. The molecule has 17 heavy (non-hydrogen) atoms. The third-order valence-electron chi connectivity index (χ3n) is 2.10. The smallest absolute Gasteiger partial charge is 0.230 e. The lowest BCUT2D eigenvalue weighted by molar-refractivity contribution is -0.115. The molecule has 0 aliphatic heterocycles. The SMILES string of the molecule is O=C(Cc1ccccn1)Nc1cccnc1Cl. The van der Waals surface area contributed by atoms with Crippen molar-refractivity contribution in [1.82, 2.24) is 9.97 Å². The van der Waals surface area contributed by atoms with Gasteiger partial charge in [0.05, 0.1) is 12.1 Å². The molecule has 0 fully saturated rings. The highest BCUT2D eigenvalue weighted by Crippen LogP contribution is 2.17. The van der Waals surface area contributed by atoms with E-state index in [1.807, 2.05) is 6.07 Å². The number of halogens is 1. The van der Waals surface area contributed by atoms with Crippen LogP contribution >= 0.6 is 11.6 Å². The molecule has 2 heterocycles. The third-order valence-corrected chi connectivity index (χ3v) is 2.40. The number of rotatable bonds is 3. The van der Waals surface area contributed by atoms with Crippen LogP contribution in [0.5, 0.6) is 0 Å². The molecule has 0 saturated heterocycles. The molecular formula is C12H10ClN3O. The highest BCUT2D eigenvalue weighted by Gasteiger charge is 2.07. The summed E-state index contributed by atoms with van der Waals surface area (Å²) in [5.41, 5.74) is 1.22. The van der Waals surface area contributed by atoms with Gasteiger partial charge in [-0.2, -0.15) is 0 Å². The summed E-state index contributed by atoms with van der Waals surface area (Å²) in [7, 11) is 0. The number of anilines is 1. The Labute approximate surface area is 104 Å². The fourth-order valence-electron chi connectivity index (χ4n) is 1.34. The van der Waals surface area contributed by atoms with Crippen LogP contribution in [0.15, 0.2) is 42.7 Å². The molecule has 1 N–H and O–H groups in total. The molecule has 0 radical (unpaired) electrons. The summed E-state index contributed by atoms with van der Waals surface area (Å²) in [5.74, 6) is -0.168. The summed E-state index contributed by atoms with van der Waals surface area (Å²) in [5, 5.41) is 2.96. The van der Waals surface area contributed by atoms with E-state index in [0.717, 1.165) is 0 Å². The fourth-order valence-corrected chi connectivity index (χ4v) is 1.51. The van der Waals surface area contributed by atoms with E-state index >= 15 is 0 Å². The minimum Gasteiger partial charge on any atom is -0.323 e. The highest BCUT2D eigenvalue weighted by molar-refractivity contribution is 6.32. The van der Waals surface area contributed by atoms with Gasteiger partial charge in [0.2, 0.25) is 5.91 Å². The van der Waals surface area contributed by atoms with Crippen molar-refractivity contribution in [2.75, 3.05) is 5.32 Å². The quantitative estimate of drug-likeness (QED) is 0.847. The van der Waals surface area contributed by atoms with E-state index in [9.17, 15) is 4.79 Å². The second-order valence-corrected chi connectivity index (χ2v) is 3.75. The van der Waals surface area contributed by atoms with Crippen LogP contribution in [0, 0.1) is 0 Å². The first-order valence-corrected chi connectivity index (χ1v) is 5.44. The number of amides is 1. The van der Waals surface area contributed by atoms with Gasteiger partial charge < -0.3 is 5.32 Å². The van der Waals surface area contributed by atoms with E-state index in [0.29, 0.717) is 11.4 Å². The van der Waals surface area contributed by atoms with Crippen molar-refractivity contribution in [3.8, 4) is 0 Å². The Balaban J connectivity index is 2.01. The van der Waals surface area contributed by atoms with Crippen molar-refractivity contribution < 1.29 is 4.79 Å². The number of carbonyl (C=O) groups excluding carboxylic acids is 1. The predicted octanol–water partition coefficient (Wildman–Crippen LogP) is 2.31. The molecule has 2 aromatic heterocycles. The summed E-state index contributed by atoms with van der Waals surface area (Å²) in [6, 6.07) is 8.85. The van der Waals surface area contributed by atoms with Crippen LogP contribution in [0.3, 0.4) is 0 Å². The van der Waals surface area contributed by atoms with Crippen molar-refractivity contribution >= 4 is 23.2 Å². The molecule has 0 atom stereocenters.